The quantitative estimate of drug-likeness (QED) is 0.679. The van der Waals surface area contributed by atoms with Crippen molar-refractivity contribution in [2.75, 3.05) is 0 Å². The highest BCUT2D eigenvalue weighted by Crippen LogP contribution is 2.14. The molecule has 0 saturated carbocycles. The van der Waals surface area contributed by atoms with Crippen LogP contribution in [0.25, 0.3) is 12.2 Å². The molecule has 2 rings (SSSR count). The summed E-state index contributed by atoms with van der Waals surface area (Å²) in [7, 11) is -1.30. The van der Waals surface area contributed by atoms with Gasteiger partial charge in [-0.15, -0.1) is 0 Å². The Morgan fingerprint density at radius 3 is 1.62 bits per heavy atom. The largest absolute Gasteiger partial charge is 0.234 e. The molecule has 0 amide bonds. The third-order valence-electron chi connectivity index (χ3n) is 3.20. The Morgan fingerprint density at radius 2 is 1.25 bits per heavy atom. The highest BCUT2D eigenvalue weighted by molar-refractivity contribution is 7.85. The predicted octanol–water partition coefficient (Wildman–Crippen LogP) is 5.32. The van der Waals surface area contributed by atoms with E-state index in [1.54, 1.807) is 0 Å². The molecule has 0 unspecified atom stereocenters. The van der Waals surface area contributed by atoms with Gasteiger partial charge in [-0.05, 0) is 44.1 Å². The van der Waals surface area contributed by atoms with E-state index < -0.39 is 11.0 Å². The van der Waals surface area contributed by atoms with Crippen molar-refractivity contribution in [1.29, 1.82) is 0 Å². The van der Waals surface area contributed by atoms with E-state index in [0.717, 1.165) is 11.1 Å². The van der Waals surface area contributed by atoms with Crippen molar-refractivity contribution in [3.05, 3.63) is 83.9 Å². The molecule has 2 aromatic rings. The van der Waals surface area contributed by atoms with Gasteiger partial charge in [0.15, 0.2) is 0 Å². The topological polar surface area (TPSA) is 29.4 Å². The zero-order chi connectivity index (χ0) is 17.4. The molecule has 1 atom stereocenters. The minimum Gasteiger partial charge on any atom is -0.234 e. The summed E-state index contributed by atoms with van der Waals surface area (Å²) in [5.41, 5.74) is 2.86. The van der Waals surface area contributed by atoms with Gasteiger partial charge in [-0.25, -0.2) is 4.21 Å². The first-order valence-electron chi connectivity index (χ1n) is 7.92. The summed E-state index contributed by atoms with van der Waals surface area (Å²) < 4.78 is 16.4. The first-order valence-corrected chi connectivity index (χ1v) is 9.03. The fourth-order valence-electron chi connectivity index (χ4n) is 1.84. The average Bonchev–Trinajstić information content (AvgIpc) is 2.58. The fraction of sp³-hybridized carbons (Fsp3) is 0.190. The molecule has 0 spiro atoms. The van der Waals surface area contributed by atoms with Gasteiger partial charge < -0.3 is 0 Å². The first-order chi connectivity index (χ1) is 11.4. The molecule has 2 nitrogen and oxygen atoms in total. The SMILES string of the molecule is CC(C)(C)[S@@](=O)N=C(/C=C/c1ccccc1)/C=C/c1ccccc1. The van der Waals surface area contributed by atoms with Crippen molar-refractivity contribution in [2.45, 2.75) is 25.5 Å². The molecule has 0 radical (unpaired) electrons. The Kier molecular flexibility index (Phi) is 6.44. The molecule has 24 heavy (non-hydrogen) atoms. The van der Waals surface area contributed by atoms with Crippen molar-refractivity contribution in [3.63, 3.8) is 0 Å². The summed E-state index contributed by atoms with van der Waals surface area (Å²) in [4.78, 5) is 0. The normalized spacial score (nSPS) is 13.3. The van der Waals surface area contributed by atoms with Crippen molar-refractivity contribution >= 4 is 28.8 Å². The van der Waals surface area contributed by atoms with E-state index in [1.807, 2.05) is 106 Å². The van der Waals surface area contributed by atoms with Gasteiger partial charge in [-0.2, -0.15) is 4.40 Å². The molecule has 2 aromatic carbocycles. The summed E-state index contributed by atoms with van der Waals surface area (Å²) in [5, 5.41) is 0. The Hall–Kier alpha value is -2.26. The van der Waals surface area contributed by atoms with E-state index in [1.165, 1.54) is 0 Å². The van der Waals surface area contributed by atoms with Crippen molar-refractivity contribution in [1.82, 2.24) is 0 Å². The molecule has 0 aliphatic carbocycles. The standard InChI is InChI=1S/C21H23NOS/c1-21(2,3)24(23)22-20(16-14-18-10-6-4-7-11-18)17-15-19-12-8-5-9-13-19/h4-17H,1-3H3/b16-14+,17-15+/t24-/m1/s1. The second-order valence-corrected chi connectivity index (χ2v) is 8.27. The number of benzene rings is 2. The zero-order valence-electron chi connectivity index (χ0n) is 14.3. The van der Waals surface area contributed by atoms with Crippen LogP contribution in [0.3, 0.4) is 0 Å². The third kappa shape index (κ3) is 6.09. The van der Waals surface area contributed by atoms with E-state index in [9.17, 15) is 4.21 Å². The van der Waals surface area contributed by atoms with Gasteiger partial charge in [0, 0.05) is 0 Å². The first kappa shape index (κ1) is 18.1. The van der Waals surface area contributed by atoms with Crippen LogP contribution in [0.2, 0.25) is 0 Å². The Bertz CT molecular complexity index is 702. The lowest BCUT2D eigenvalue weighted by atomic mass is 10.1. The summed E-state index contributed by atoms with van der Waals surface area (Å²) >= 11 is 0. The van der Waals surface area contributed by atoms with E-state index in [4.69, 9.17) is 0 Å². The smallest absolute Gasteiger partial charge is 0.145 e. The van der Waals surface area contributed by atoms with Crippen molar-refractivity contribution < 1.29 is 4.21 Å². The highest BCUT2D eigenvalue weighted by Gasteiger charge is 2.18. The zero-order valence-corrected chi connectivity index (χ0v) is 15.2. The van der Waals surface area contributed by atoms with Crippen LogP contribution in [0.1, 0.15) is 31.9 Å². The van der Waals surface area contributed by atoms with Crippen molar-refractivity contribution in [3.8, 4) is 0 Å². The minimum atomic E-state index is -1.30. The second-order valence-electron chi connectivity index (χ2n) is 6.37. The van der Waals surface area contributed by atoms with E-state index in [0.29, 0.717) is 5.71 Å². The Balaban J connectivity index is 2.27. The van der Waals surface area contributed by atoms with Crippen LogP contribution in [-0.2, 0) is 11.0 Å². The van der Waals surface area contributed by atoms with Crippen LogP contribution in [0.5, 0.6) is 0 Å². The maximum Gasteiger partial charge on any atom is 0.145 e. The van der Waals surface area contributed by atoms with E-state index in [2.05, 4.69) is 4.40 Å². The third-order valence-corrected chi connectivity index (χ3v) is 4.63. The summed E-state index contributed by atoms with van der Waals surface area (Å²) in [6.07, 6.45) is 7.76. The molecule has 124 valence electrons. The summed E-state index contributed by atoms with van der Waals surface area (Å²) in [6, 6.07) is 20.0. The van der Waals surface area contributed by atoms with Gasteiger partial charge in [0.25, 0.3) is 0 Å². The number of rotatable bonds is 5. The highest BCUT2D eigenvalue weighted by atomic mass is 32.2. The fourth-order valence-corrected chi connectivity index (χ4v) is 2.43. The molecule has 0 heterocycles. The maximum absolute atomic E-state index is 12.4. The molecule has 0 aliphatic heterocycles. The molecule has 3 heteroatoms. The van der Waals surface area contributed by atoms with Gasteiger partial charge in [0.1, 0.15) is 11.0 Å². The maximum atomic E-state index is 12.4. The molecule has 0 aromatic heterocycles. The lowest BCUT2D eigenvalue weighted by Gasteiger charge is -2.13. The van der Waals surface area contributed by atoms with Crippen LogP contribution in [-0.4, -0.2) is 14.7 Å². The van der Waals surface area contributed by atoms with Gasteiger partial charge >= 0.3 is 0 Å². The number of nitrogens with zero attached hydrogens (tertiary/aromatic N) is 1. The Morgan fingerprint density at radius 1 is 0.833 bits per heavy atom. The van der Waals surface area contributed by atoms with E-state index >= 15 is 0 Å². The van der Waals surface area contributed by atoms with Crippen LogP contribution in [0.15, 0.2) is 77.2 Å². The van der Waals surface area contributed by atoms with Crippen LogP contribution in [0.4, 0.5) is 0 Å². The lowest BCUT2D eigenvalue weighted by molar-refractivity contribution is 0.651. The molecular weight excluding hydrogens is 314 g/mol. The summed E-state index contributed by atoms with van der Waals surface area (Å²) in [6.45, 7) is 5.77. The number of allylic oxidation sites excluding steroid dienone is 2. The summed E-state index contributed by atoms with van der Waals surface area (Å²) in [5.74, 6) is 0. The van der Waals surface area contributed by atoms with Crippen LogP contribution < -0.4 is 0 Å². The number of hydrogen-bond donors (Lipinski definition) is 0. The molecule has 0 saturated heterocycles. The van der Waals surface area contributed by atoms with Gasteiger partial charge in [-0.3, -0.25) is 0 Å². The van der Waals surface area contributed by atoms with Crippen molar-refractivity contribution in [2.24, 2.45) is 4.40 Å². The average molecular weight is 337 g/mol. The van der Waals surface area contributed by atoms with Crippen LogP contribution in [0, 0.1) is 0 Å². The molecule has 0 fully saturated rings. The molecule has 0 N–H and O–H groups in total. The van der Waals surface area contributed by atoms with Gasteiger partial charge in [0.05, 0.1) is 10.5 Å². The Labute approximate surface area is 147 Å². The predicted molar refractivity (Wildman–Crippen MR) is 106 cm³/mol. The second kappa shape index (κ2) is 8.55. The lowest BCUT2D eigenvalue weighted by Crippen LogP contribution is -2.20. The molecule has 0 bridgehead atoms. The molecular formula is C21H23NOS. The minimum absolute atomic E-state index is 0.383. The van der Waals surface area contributed by atoms with Gasteiger partial charge in [0.2, 0.25) is 0 Å². The van der Waals surface area contributed by atoms with Crippen LogP contribution >= 0.6 is 0 Å². The molecule has 0 aliphatic rings. The van der Waals surface area contributed by atoms with E-state index in [-0.39, 0.29) is 4.75 Å². The monoisotopic (exact) mass is 337 g/mol. The number of hydrogen-bond acceptors (Lipinski definition) is 1. The van der Waals surface area contributed by atoms with Gasteiger partial charge in [-0.1, -0.05) is 72.8 Å².